The van der Waals surface area contributed by atoms with E-state index < -0.39 is 0 Å². The van der Waals surface area contributed by atoms with Crippen LogP contribution in [-0.4, -0.2) is 9.77 Å². The van der Waals surface area contributed by atoms with Crippen molar-refractivity contribution < 1.29 is 5.21 Å². The Morgan fingerprint density at radius 2 is 2.50 bits per heavy atom. The Morgan fingerprint density at radius 3 is 2.75 bits per heavy atom. The van der Waals surface area contributed by atoms with Crippen LogP contribution in [0.1, 0.15) is 0 Å². The lowest BCUT2D eigenvalue weighted by molar-refractivity contribution is 0.383. The summed E-state index contributed by atoms with van der Waals surface area (Å²) in [5, 5.41) is 8.34. The van der Waals surface area contributed by atoms with Crippen molar-refractivity contribution in [2.75, 3.05) is 5.48 Å². The molecule has 0 spiro atoms. The largest absolute Gasteiger partial charge is 0.336 e. The summed E-state index contributed by atoms with van der Waals surface area (Å²) in [6.07, 6.45) is 1.85. The molecule has 1 rings (SSSR count). The Hall–Kier alpha value is -0.960. The van der Waals surface area contributed by atoms with Gasteiger partial charge in [-0.1, -0.05) is 0 Å². The SMILES string of the molecule is Cn1cccc1NO. The first kappa shape index (κ1) is 5.18. The van der Waals surface area contributed by atoms with Gasteiger partial charge >= 0.3 is 0 Å². The van der Waals surface area contributed by atoms with Gasteiger partial charge < -0.3 is 4.57 Å². The van der Waals surface area contributed by atoms with Crippen LogP contribution in [0.15, 0.2) is 18.3 Å². The topological polar surface area (TPSA) is 37.2 Å². The minimum Gasteiger partial charge on any atom is -0.336 e. The Kier molecular flexibility index (Phi) is 1.22. The molecule has 1 aromatic heterocycles. The smallest absolute Gasteiger partial charge is 0.129 e. The van der Waals surface area contributed by atoms with Crippen LogP contribution in [0.2, 0.25) is 0 Å². The van der Waals surface area contributed by atoms with Crippen molar-refractivity contribution in [2.24, 2.45) is 7.05 Å². The van der Waals surface area contributed by atoms with Crippen LogP contribution in [-0.2, 0) is 7.05 Å². The van der Waals surface area contributed by atoms with Gasteiger partial charge in [0.15, 0.2) is 0 Å². The highest BCUT2D eigenvalue weighted by molar-refractivity contribution is 5.32. The normalized spacial score (nSPS) is 9.25. The maximum atomic E-state index is 8.34. The van der Waals surface area contributed by atoms with Crippen LogP contribution in [0.3, 0.4) is 0 Å². The van der Waals surface area contributed by atoms with Gasteiger partial charge in [-0.15, -0.1) is 0 Å². The molecule has 0 atom stereocenters. The van der Waals surface area contributed by atoms with E-state index in [1.165, 1.54) is 0 Å². The van der Waals surface area contributed by atoms with E-state index in [-0.39, 0.29) is 0 Å². The summed E-state index contributed by atoms with van der Waals surface area (Å²) in [4.78, 5) is 0. The minimum atomic E-state index is 0.699. The standard InChI is InChI=1S/C5H8N2O/c1-7-4-2-3-5(7)6-8/h2-4,6,8H,1H3. The van der Waals surface area contributed by atoms with Crippen molar-refractivity contribution in [3.05, 3.63) is 18.3 Å². The molecule has 0 aromatic carbocycles. The Bertz CT molecular complexity index is 171. The van der Waals surface area contributed by atoms with Crippen molar-refractivity contribution >= 4 is 5.82 Å². The molecule has 0 aliphatic carbocycles. The Morgan fingerprint density at radius 1 is 1.75 bits per heavy atom. The van der Waals surface area contributed by atoms with Crippen molar-refractivity contribution in [3.8, 4) is 0 Å². The highest BCUT2D eigenvalue weighted by Crippen LogP contribution is 2.02. The van der Waals surface area contributed by atoms with Gasteiger partial charge in [0, 0.05) is 13.2 Å². The minimum absolute atomic E-state index is 0.699. The van der Waals surface area contributed by atoms with Crippen molar-refractivity contribution in [2.45, 2.75) is 0 Å². The number of nitrogens with zero attached hydrogens (tertiary/aromatic N) is 1. The molecular weight excluding hydrogens is 104 g/mol. The van der Waals surface area contributed by atoms with Crippen LogP contribution in [0.5, 0.6) is 0 Å². The van der Waals surface area contributed by atoms with Gasteiger partial charge in [-0.3, -0.25) is 10.7 Å². The summed E-state index contributed by atoms with van der Waals surface area (Å²) >= 11 is 0. The lowest BCUT2D eigenvalue weighted by Crippen LogP contribution is -1.95. The van der Waals surface area contributed by atoms with Gasteiger partial charge in [-0.2, -0.15) is 0 Å². The second-order valence-corrected chi connectivity index (χ2v) is 1.62. The van der Waals surface area contributed by atoms with Gasteiger partial charge in [-0.25, -0.2) is 0 Å². The third kappa shape index (κ3) is 0.675. The highest BCUT2D eigenvalue weighted by Gasteiger charge is 1.88. The summed E-state index contributed by atoms with van der Waals surface area (Å²) in [6.45, 7) is 0. The molecule has 3 nitrogen and oxygen atoms in total. The number of rotatable bonds is 1. The van der Waals surface area contributed by atoms with E-state index in [9.17, 15) is 0 Å². The fourth-order valence-electron chi connectivity index (χ4n) is 0.577. The molecule has 8 heavy (non-hydrogen) atoms. The van der Waals surface area contributed by atoms with E-state index >= 15 is 0 Å². The van der Waals surface area contributed by atoms with Gasteiger partial charge in [0.25, 0.3) is 0 Å². The maximum Gasteiger partial charge on any atom is 0.129 e. The predicted octanol–water partition coefficient (Wildman–Crippen LogP) is 0.826. The molecule has 44 valence electrons. The third-order valence-electron chi connectivity index (χ3n) is 1.06. The van der Waals surface area contributed by atoms with Crippen molar-refractivity contribution in [3.63, 3.8) is 0 Å². The molecule has 0 aliphatic rings. The van der Waals surface area contributed by atoms with E-state index in [2.05, 4.69) is 0 Å². The second-order valence-electron chi connectivity index (χ2n) is 1.62. The van der Waals surface area contributed by atoms with Crippen molar-refractivity contribution in [1.29, 1.82) is 0 Å². The maximum absolute atomic E-state index is 8.34. The fraction of sp³-hybridized carbons (Fsp3) is 0.200. The highest BCUT2D eigenvalue weighted by atomic mass is 16.5. The van der Waals surface area contributed by atoms with Crippen LogP contribution < -0.4 is 5.48 Å². The van der Waals surface area contributed by atoms with E-state index in [0.29, 0.717) is 5.82 Å². The molecule has 0 saturated heterocycles. The van der Waals surface area contributed by atoms with Crippen molar-refractivity contribution in [1.82, 2.24) is 4.57 Å². The Balaban J connectivity index is 2.92. The monoisotopic (exact) mass is 112 g/mol. The zero-order valence-electron chi connectivity index (χ0n) is 4.63. The first-order chi connectivity index (χ1) is 3.84. The number of aromatic nitrogens is 1. The number of anilines is 1. The average Bonchev–Trinajstić information content (AvgIpc) is 2.14. The quantitative estimate of drug-likeness (QED) is 0.528. The van der Waals surface area contributed by atoms with Crippen LogP contribution in [0, 0.1) is 0 Å². The van der Waals surface area contributed by atoms with Crippen LogP contribution >= 0.6 is 0 Å². The van der Waals surface area contributed by atoms with Crippen LogP contribution in [0.25, 0.3) is 0 Å². The molecule has 0 radical (unpaired) electrons. The molecule has 0 unspecified atom stereocenters. The number of aryl methyl sites for hydroxylation is 1. The summed E-state index contributed by atoms with van der Waals surface area (Å²) in [7, 11) is 1.85. The molecule has 0 fully saturated rings. The molecule has 0 aliphatic heterocycles. The molecular formula is C5H8N2O. The first-order valence-corrected chi connectivity index (χ1v) is 2.36. The number of hydrogen-bond donors (Lipinski definition) is 2. The Labute approximate surface area is 47.5 Å². The number of hydrogen-bond acceptors (Lipinski definition) is 2. The molecule has 1 aromatic rings. The number of nitrogens with one attached hydrogen (secondary N) is 1. The lowest BCUT2D eigenvalue weighted by atomic mass is 10.6. The van der Waals surface area contributed by atoms with Crippen LogP contribution in [0.4, 0.5) is 5.82 Å². The fourth-order valence-corrected chi connectivity index (χ4v) is 0.577. The van der Waals surface area contributed by atoms with Gasteiger partial charge in [0.05, 0.1) is 0 Å². The molecule has 3 heteroatoms. The van der Waals surface area contributed by atoms with Gasteiger partial charge in [-0.05, 0) is 12.1 Å². The second kappa shape index (κ2) is 1.88. The molecule has 0 amide bonds. The van der Waals surface area contributed by atoms with Gasteiger partial charge in [0.2, 0.25) is 0 Å². The van der Waals surface area contributed by atoms with E-state index in [0.717, 1.165) is 0 Å². The average molecular weight is 112 g/mol. The predicted molar refractivity (Wildman–Crippen MR) is 30.8 cm³/mol. The molecule has 0 bridgehead atoms. The van der Waals surface area contributed by atoms with E-state index in [1.54, 1.807) is 10.6 Å². The summed E-state index contributed by atoms with van der Waals surface area (Å²) < 4.78 is 1.78. The molecule has 1 heterocycles. The summed E-state index contributed by atoms with van der Waals surface area (Å²) in [6, 6.07) is 3.62. The van der Waals surface area contributed by atoms with E-state index in [4.69, 9.17) is 5.21 Å². The van der Waals surface area contributed by atoms with E-state index in [1.807, 2.05) is 24.8 Å². The zero-order chi connectivity index (χ0) is 5.98. The lowest BCUT2D eigenvalue weighted by Gasteiger charge is -1.96. The summed E-state index contributed by atoms with van der Waals surface area (Å²) in [5.74, 6) is 0.699. The molecule has 0 saturated carbocycles. The third-order valence-corrected chi connectivity index (χ3v) is 1.06. The first-order valence-electron chi connectivity index (χ1n) is 2.36. The molecule has 2 N–H and O–H groups in total. The summed E-state index contributed by atoms with van der Waals surface area (Å²) in [5.41, 5.74) is 2.04. The van der Waals surface area contributed by atoms with Gasteiger partial charge in [0.1, 0.15) is 5.82 Å². The zero-order valence-corrected chi connectivity index (χ0v) is 4.63.